The highest BCUT2D eigenvalue weighted by atomic mass is 16.5. The fourth-order valence-electron chi connectivity index (χ4n) is 2.91. The van der Waals surface area contributed by atoms with Crippen LogP contribution in [0.1, 0.15) is 76.7 Å². The van der Waals surface area contributed by atoms with Gasteiger partial charge in [-0.25, -0.2) is 0 Å². The molecule has 0 saturated heterocycles. The maximum atomic E-state index is 5.85. The van der Waals surface area contributed by atoms with Gasteiger partial charge in [0.1, 0.15) is 0 Å². The van der Waals surface area contributed by atoms with Crippen LogP contribution in [0.3, 0.4) is 0 Å². The number of rotatable bonds is 17. The molecule has 1 aromatic rings. The van der Waals surface area contributed by atoms with Crippen LogP contribution in [0.15, 0.2) is 30.3 Å². The summed E-state index contributed by atoms with van der Waals surface area (Å²) in [7, 11) is 0. The molecular weight excluding hydrogens is 310 g/mol. The predicted octanol–water partition coefficient (Wildman–Crippen LogP) is 5.47. The van der Waals surface area contributed by atoms with Gasteiger partial charge in [0, 0.05) is 13.2 Å². The molecule has 3 nitrogen and oxygen atoms in total. The van der Waals surface area contributed by atoms with E-state index in [1.807, 2.05) is 18.2 Å². The summed E-state index contributed by atoms with van der Waals surface area (Å²) in [5.41, 5.74) is 6.97. The van der Waals surface area contributed by atoms with Crippen molar-refractivity contribution in [2.45, 2.75) is 83.8 Å². The van der Waals surface area contributed by atoms with E-state index in [2.05, 4.69) is 19.1 Å². The van der Waals surface area contributed by atoms with Crippen molar-refractivity contribution < 1.29 is 9.47 Å². The maximum Gasteiger partial charge on any atom is 0.0930 e. The van der Waals surface area contributed by atoms with Crippen molar-refractivity contribution in [2.75, 3.05) is 19.8 Å². The van der Waals surface area contributed by atoms with Crippen molar-refractivity contribution in [1.82, 2.24) is 0 Å². The van der Waals surface area contributed by atoms with E-state index < -0.39 is 0 Å². The first kappa shape index (κ1) is 22.1. The number of hydrogen-bond donors (Lipinski definition) is 1. The second-order valence-corrected chi connectivity index (χ2v) is 6.91. The zero-order chi connectivity index (χ0) is 18.0. The lowest BCUT2D eigenvalue weighted by Crippen LogP contribution is -2.29. The van der Waals surface area contributed by atoms with Gasteiger partial charge in [-0.2, -0.15) is 0 Å². The molecule has 144 valence electrons. The summed E-state index contributed by atoms with van der Waals surface area (Å²) in [6.45, 7) is 4.79. The Balaban J connectivity index is 1.90. The van der Waals surface area contributed by atoms with E-state index in [0.29, 0.717) is 19.8 Å². The first-order valence-corrected chi connectivity index (χ1v) is 10.3. The highest BCUT2D eigenvalue weighted by Gasteiger charge is 2.07. The van der Waals surface area contributed by atoms with Gasteiger partial charge in [-0.05, 0) is 12.0 Å². The first-order valence-electron chi connectivity index (χ1n) is 10.3. The van der Waals surface area contributed by atoms with Crippen LogP contribution in [0.2, 0.25) is 0 Å². The maximum absolute atomic E-state index is 5.85. The number of ether oxygens (including phenoxy) is 2. The molecule has 1 rings (SSSR count). The van der Waals surface area contributed by atoms with E-state index in [9.17, 15) is 0 Å². The number of hydrogen-bond acceptors (Lipinski definition) is 3. The summed E-state index contributed by atoms with van der Waals surface area (Å²) in [6.07, 6.45) is 13.5. The van der Waals surface area contributed by atoms with E-state index in [1.165, 1.54) is 63.4 Å². The van der Waals surface area contributed by atoms with Gasteiger partial charge in [-0.3, -0.25) is 0 Å². The number of benzene rings is 1. The third kappa shape index (κ3) is 13.0. The molecule has 3 heteroatoms. The van der Waals surface area contributed by atoms with Crippen molar-refractivity contribution >= 4 is 0 Å². The Hall–Kier alpha value is -0.900. The van der Waals surface area contributed by atoms with Crippen molar-refractivity contribution in [3.63, 3.8) is 0 Å². The summed E-state index contributed by atoms with van der Waals surface area (Å²) in [4.78, 5) is 0. The zero-order valence-electron chi connectivity index (χ0n) is 16.3. The van der Waals surface area contributed by atoms with Crippen molar-refractivity contribution in [3.05, 3.63) is 35.9 Å². The minimum atomic E-state index is 0.0160. The van der Waals surface area contributed by atoms with E-state index in [0.717, 1.165) is 13.0 Å². The number of unbranched alkanes of at least 4 members (excludes halogenated alkanes) is 9. The monoisotopic (exact) mass is 349 g/mol. The summed E-state index contributed by atoms with van der Waals surface area (Å²) in [6, 6.07) is 10.2. The van der Waals surface area contributed by atoms with Crippen molar-refractivity contribution in [1.29, 1.82) is 0 Å². The standard InChI is InChI=1S/C22H39NO2/c1-2-3-4-5-6-7-8-9-10-14-17-25-22(18-23)20-24-19-21-15-12-11-13-16-21/h11-13,15-16,22H,2-10,14,17-20,23H2,1H3. The second-order valence-electron chi connectivity index (χ2n) is 6.91. The SMILES string of the molecule is CCCCCCCCCCCCOC(CN)COCc1ccccc1. The zero-order valence-corrected chi connectivity index (χ0v) is 16.3. The summed E-state index contributed by atoms with van der Waals surface area (Å²) >= 11 is 0. The van der Waals surface area contributed by atoms with Gasteiger partial charge in [-0.15, -0.1) is 0 Å². The lowest BCUT2D eigenvalue weighted by atomic mass is 10.1. The average molecular weight is 350 g/mol. The third-order valence-electron chi connectivity index (χ3n) is 4.53. The first-order chi connectivity index (χ1) is 12.4. The Kier molecular flexibility index (Phi) is 14.7. The Morgan fingerprint density at radius 3 is 2.04 bits per heavy atom. The van der Waals surface area contributed by atoms with E-state index in [-0.39, 0.29) is 6.10 Å². The molecule has 0 spiro atoms. The minimum absolute atomic E-state index is 0.0160. The average Bonchev–Trinajstić information content (AvgIpc) is 2.65. The Bertz CT molecular complexity index is 383. The van der Waals surface area contributed by atoms with Gasteiger partial charge in [0.05, 0.1) is 19.3 Å². The normalized spacial score (nSPS) is 12.4. The molecule has 0 saturated carbocycles. The Morgan fingerprint density at radius 2 is 1.44 bits per heavy atom. The molecule has 0 aromatic heterocycles. The van der Waals surface area contributed by atoms with E-state index in [4.69, 9.17) is 15.2 Å². The van der Waals surface area contributed by atoms with Crippen LogP contribution in [0, 0.1) is 0 Å². The molecule has 0 amide bonds. The Morgan fingerprint density at radius 1 is 0.840 bits per heavy atom. The summed E-state index contributed by atoms with van der Waals surface area (Å²) in [5.74, 6) is 0. The topological polar surface area (TPSA) is 44.5 Å². The summed E-state index contributed by atoms with van der Waals surface area (Å²) in [5, 5.41) is 0. The smallest absolute Gasteiger partial charge is 0.0930 e. The van der Waals surface area contributed by atoms with Gasteiger partial charge >= 0.3 is 0 Å². The van der Waals surface area contributed by atoms with Crippen LogP contribution in [-0.4, -0.2) is 25.9 Å². The minimum Gasteiger partial charge on any atom is -0.374 e. The van der Waals surface area contributed by atoms with E-state index in [1.54, 1.807) is 0 Å². The molecule has 2 N–H and O–H groups in total. The number of nitrogens with two attached hydrogens (primary N) is 1. The Labute approximate surface area is 155 Å². The van der Waals surface area contributed by atoms with E-state index >= 15 is 0 Å². The molecule has 0 radical (unpaired) electrons. The highest BCUT2D eigenvalue weighted by molar-refractivity contribution is 5.13. The van der Waals surface area contributed by atoms with Crippen LogP contribution in [0.25, 0.3) is 0 Å². The summed E-state index contributed by atoms with van der Waals surface area (Å²) < 4.78 is 11.6. The molecule has 0 bridgehead atoms. The fraction of sp³-hybridized carbons (Fsp3) is 0.727. The van der Waals surface area contributed by atoms with Crippen LogP contribution in [-0.2, 0) is 16.1 Å². The fourth-order valence-corrected chi connectivity index (χ4v) is 2.91. The lowest BCUT2D eigenvalue weighted by molar-refractivity contribution is -0.0179. The molecule has 0 aliphatic heterocycles. The predicted molar refractivity (Wildman–Crippen MR) is 107 cm³/mol. The largest absolute Gasteiger partial charge is 0.374 e. The van der Waals surface area contributed by atoms with Crippen molar-refractivity contribution in [2.24, 2.45) is 5.73 Å². The highest BCUT2D eigenvalue weighted by Crippen LogP contribution is 2.10. The van der Waals surface area contributed by atoms with Crippen LogP contribution >= 0.6 is 0 Å². The van der Waals surface area contributed by atoms with Crippen LogP contribution in [0.4, 0.5) is 0 Å². The third-order valence-corrected chi connectivity index (χ3v) is 4.53. The molecule has 0 fully saturated rings. The molecular formula is C22H39NO2. The molecule has 1 unspecified atom stereocenters. The lowest BCUT2D eigenvalue weighted by Gasteiger charge is -2.16. The molecule has 0 aliphatic carbocycles. The van der Waals surface area contributed by atoms with Crippen LogP contribution < -0.4 is 5.73 Å². The van der Waals surface area contributed by atoms with Crippen molar-refractivity contribution in [3.8, 4) is 0 Å². The van der Waals surface area contributed by atoms with Gasteiger partial charge < -0.3 is 15.2 Å². The van der Waals surface area contributed by atoms with Gasteiger partial charge in [0.25, 0.3) is 0 Å². The molecule has 0 aliphatic rings. The van der Waals surface area contributed by atoms with Gasteiger partial charge in [-0.1, -0.05) is 95.0 Å². The van der Waals surface area contributed by atoms with Gasteiger partial charge in [0.15, 0.2) is 0 Å². The second kappa shape index (κ2) is 16.6. The molecule has 25 heavy (non-hydrogen) atoms. The molecule has 1 aromatic carbocycles. The van der Waals surface area contributed by atoms with Gasteiger partial charge in [0.2, 0.25) is 0 Å². The molecule has 0 heterocycles. The van der Waals surface area contributed by atoms with Crippen LogP contribution in [0.5, 0.6) is 0 Å². The molecule has 1 atom stereocenters. The quantitative estimate of drug-likeness (QED) is 0.379.